The molecule has 0 amide bonds. The molecule has 0 radical (unpaired) electrons. The molecule has 1 aromatic heterocycles. The molecule has 2 aromatic rings. The summed E-state index contributed by atoms with van der Waals surface area (Å²) in [6.45, 7) is 4.22. The molecule has 0 aliphatic rings. The predicted molar refractivity (Wildman–Crippen MR) is 73.8 cm³/mol. The van der Waals surface area contributed by atoms with Crippen LogP contribution < -0.4 is 11.3 Å². The normalized spacial score (nSPS) is 10.8. The molecule has 0 saturated carbocycles. The van der Waals surface area contributed by atoms with Gasteiger partial charge in [0, 0.05) is 17.3 Å². The third kappa shape index (κ3) is 3.48. The van der Waals surface area contributed by atoms with Crippen molar-refractivity contribution in [1.29, 1.82) is 0 Å². The molecule has 0 bridgehead atoms. The number of nitrogen functional groups attached to an aromatic ring is 1. The van der Waals surface area contributed by atoms with E-state index in [2.05, 4.69) is 29.2 Å². The molecule has 3 N–H and O–H groups in total. The van der Waals surface area contributed by atoms with E-state index in [4.69, 9.17) is 5.84 Å². The Labute approximate surface area is 111 Å². The number of rotatable bonds is 4. The van der Waals surface area contributed by atoms with Crippen LogP contribution in [0.1, 0.15) is 19.5 Å². The van der Waals surface area contributed by atoms with Gasteiger partial charge in [-0.15, -0.1) is 0 Å². The first-order valence-corrected chi connectivity index (χ1v) is 6.19. The number of aromatic nitrogens is 2. The molecule has 0 aliphatic heterocycles. The lowest BCUT2D eigenvalue weighted by Gasteiger charge is -2.09. The fraction of sp³-hybridized carbons (Fsp3) is 0.286. The van der Waals surface area contributed by atoms with Crippen LogP contribution in [0.5, 0.6) is 0 Å². The number of nitrogens with one attached hydrogen (secondary N) is 1. The summed E-state index contributed by atoms with van der Waals surface area (Å²) >= 11 is 0. The van der Waals surface area contributed by atoms with Gasteiger partial charge < -0.3 is 5.43 Å². The number of hydrazine groups is 1. The fourth-order valence-electron chi connectivity index (χ4n) is 1.85. The largest absolute Gasteiger partial charge is 0.308 e. The molecule has 0 spiro atoms. The summed E-state index contributed by atoms with van der Waals surface area (Å²) in [5.41, 5.74) is 4.05. The first-order valence-electron chi connectivity index (χ1n) is 6.19. The predicted octanol–water partition coefficient (Wildman–Crippen LogP) is 2.77. The van der Waals surface area contributed by atoms with Crippen molar-refractivity contribution in [2.75, 3.05) is 5.43 Å². The standard InChI is InChI=1S/C14H17FN4/c1-9(2)6-12-8-13(19-16)18-14(17-12)10-4-3-5-11(15)7-10/h3-5,7-9H,6,16H2,1-2H3,(H,17,18,19). The summed E-state index contributed by atoms with van der Waals surface area (Å²) in [6, 6.07) is 8.03. The van der Waals surface area contributed by atoms with Crippen LogP contribution in [0.15, 0.2) is 30.3 Å². The van der Waals surface area contributed by atoms with Crippen LogP contribution >= 0.6 is 0 Å². The number of anilines is 1. The molecule has 0 atom stereocenters. The van der Waals surface area contributed by atoms with Crippen molar-refractivity contribution >= 4 is 5.82 Å². The Bertz CT molecular complexity index is 569. The summed E-state index contributed by atoms with van der Waals surface area (Å²) in [5.74, 6) is 6.59. The molecular weight excluding hydrogens is 243 g/mol. The second kappa shape index (κ2) is 5.75. The summed E-state index contributed by atoms with van der Waals surface area (Å²) in [5, 5.41) is 0. The number of nitrogens with zero attached hydrogens (tertiary/aromatic N) is 2. The molecule has 0 unspecified atom stereocenters. The van der Waals surface area contributed by atoms with Crippen molar-refractivity contribution in [3.63, 3.8) is 0 Å². The van der Waals surface area contributed by atoms with E-state index in [9.17, 15) is 4.39 Å². The minimum atomic E-state index is -0.308. The Morgan fingerprint density at radius 2 is 2.05 bits per heavy atom. The first kappa shape index (κ1) is 13.4. The Morgan fingerprint density at radius 3 is 2.68 bits per heavy atom. The average molecular weight is 260 g/mol. The fourth-order valence-corrected chi connectivity index (χ4v) is 1.85. The van der Waals surface area contributed by atoms with Crippen LogP contribution in [0, 0.1) is 11.7 Å². The monoisotopic (exact) mass is 260 g/mol. The van der Waals surface area contributed by atoms with E-state index < -0.39 is 0 Å². The van der Waals surface area contributed by atoms with Crippen molar-refractivity contribution in [3.05, 3.63) is 41.8 Å². The zero-order valence-electron chi connectivity index (χ0n) is 11.0. The van der Waals surface area contributed by atoms with Crippen molar-refractivity contribution in [3.8, 4) is 11.4 Å². The second-order valence-corrected chi connectivity index (χ2v) is 4.82. The number of hydrogen-bond donors (Lipinski definition) is 2. The van der Waals surface area contributed by atoms with Crippen LogP contribution in [-0.2, 0) is 6.42 Å². The van der Waals surface area contributed by atoms with Gasteiger partial charge >= 0.3 is 0 Å². The summed E-state index contributed by atoms with van der Waals surface area (Å²) in [4.78, 5) is 8.72. The highest BCUT2D eigenvalue weighted by Gasteiger charge is 2.08. The molecule has 0 fully saturated rings. The van der Waals surface area contributed by atoms with Gasteiger partial charge in [0.15, 0.2) is 5.82 Å². The SMILES string of the molecule is CC(C)Cc1cc(NN)nc(-c2cccc(F)c2)n1. The highest BCUT2D eigenvalue weighted by molar-refractivity contribution is 5.57. The maximum Gasteiger partial charge on any atom is 0.161 e. The molecule has 100 valence electrons. The van der Waals surface area contributed by atoms with Gasteiger partial charge in [0.25, 0.3) is 0 Å². The van der Waals surface area contributed by atoms with E-state index >= 15 is 0 Å². The molecule has 19 heavy (non-hydrogen) atoms. The average Bonchev–Trinajstić information content (AvgIpc) is 2.37. The summed E-state index contributed by atoms with van der Waals surface area (Å²) < 4.78 is 13.3. The van der Waals surface area contributed by atoms with Gasteiger partial charge in [0.2, 0.25) is 0 Å². The highest BCUT2D eigenvalue weighted by Crippen LogP contribution is 2.19. The summed E-state index contributed by atoms with van der Waals surface area (Å²) in [7, 11) is 0. The van der Waals surface area contributed by atoms with Crippen LogP contribution in [0.4, 0.5) is 10.2 Å². The Balaban J connectivity index is 2.44. The van der Waals surface area contributed by atoms with E-state index in [0.29, 0.717) is 23.1 Å². The van der Waals surface area contributed by atoms with E-state index in [0.717, 1.165) is 12.1 Å². The third-order valence-corrected chi connectivity index (χ3v) is 2.63. The lowest BCUT2D eigenvalue weighted by atomic mass is 10.1. The molecular formula is C14H17FN4. The molecule has 1 heterocycles. The minimum absolute atomic E-state index is 0.308. The second-order valence-electron chi connectivity index (χ2n) is 4.82. The van der Waals surface area contributed by atoms with Gasteiger partial charge in [0.05, 0.1) is 0 Å². The molecule has 0 saturated heterocycles. The van der Waals surface area contributed by atoms with Gasteiger partial charge in [-0.3, -0.25) is 0 Å². The van der Waals surface area contributed by atoms with Crippen LogP contribution in [0.3, 0.4) is 0 Å². The van der Waals surface area contributed by atoms with Gasteiger partial charge in [-0.1, -0.05) is 26.0 Å². The zero-order chi connectivity index (χ0) is 13.8. The quantitative estimate of drug-likeness (QED) is 0.655. The molecule has 4 nitrogen and oxygen atoms in total. The summed E-state index contributed by atoms with van der Waals surface area (Å²) in [6.07, 6.45) is 0.819. The van der Waals surface area contributed by atoms with Crippen LogP contribution in [0.25, 0.3) is 11.4 Å². The Morgan fingerprint density at radius 1 is 1.26 bits per heavy atom. The maximum atomic E-state index is 13.3. The number of benzene rings is 1. The van der Waals surface area contributed by atoms with Crippen molar-refractivity contribution in [2.45, 2.75) is 20.3 Å². The highest BCUT2D eigenvalue weighted by atomic mass is 19.1. The zero-order valence-corrected chi connectivity index (χ0v) is 11.0. The first-order chi connectivity index (χ1) is 9.08. The molecule has 5 heteroatoms. The van der Waals surface area contributed by atoms with Gasteiger partial charge in [-0.05, 0) is 24.5 Å². The molecule has 2 rings (SSSR count). The number of hydrogen-bond acceptors (Lipinski definition) is 4. The van der Waals surface area contributed by atoms with Crippen molar-refractivity contribution in [2.24, 2.45) is 11.8 Å². The topological polar surface area (TPSA) is 63.8 Å². The lowest BCUT2D eigenvalue weighted by molar-refractivity contribution is 0.627. The van der Waals surface area contributed by atoms with Crippen LogP contribution in [0.2, 0.25) is 0 Å². The van der Waals surface area contributed by atoms with E-state index in [1.54, 1.807) is 12.1 Å². The van der Waals surface area contributed by atoms with E-state index in [-0.39, 0.29) is 5.82 Å². The molecule has 0 aliphatic carbocycles. The minimum Gasteiger partial charge on any atom is -0.308 e. The third-order valence-electron chi connectivity index (χ3n) is 2.63. The van der Waals surface area contributed by atoms with Crippen molar-refractivity contribution < 1.29 is 4.39 Å². The van der Waals surface area contributed by atoms with Gasteiger partial charge in [-0.25, -0.2) is 20.2 Å². The maximum absolute atomic E-state index is 13.3. The molecule has 1 aromatic carbocycles. The van der Waals surface area contributed by atoms with E-state index in [1.165, 1.54) is 12.1 Å². The Hall–Kier alpha value is -2.01. The number of halogens is 1. The number of nitrogens with two attached hydrogens (primary N) is 1. The van der Waals surface area contributed by atoms with Gasteiger partial charge in [0.1, 0.15) is 11.6 Å². The van der Waals surface area contributed by atoms with Gasteiger partial charge in [-0.2, -0.15) is 0 Å². The van der Waals surface area contributed by atoms with E-state index in [1.807, 2.05) is 6.07 Å². The Kier molecular flexibility index (Phi) is 4.06. The van der Waals surface area contributed by atoms with Crippen molar-refractivity contribution in [1.82, 2.24) is 9.97 Å². The van der Waals surface area contributed by atoms with Crippen LogP contribution in [-0.4, -0.2) is 9.97 Å². The lowest BCUT2D eigenvalue weighted by Crippen LogP contribution is -2.11. The smallest absolute Gasteiger partial charge is 0.161 e.